The molecule has 2 aromatic rings. The van der Waals surface area contributed by atoms with E-state index in [1.165, 1.54) is 0 Å². The van der Waals surface area contributed by atoms with Gasteiger partial charge in [-0.2, -0.15) is 8.42 Å². The van der Waals surface area contributed by atoms with Crippen LogP contribution in [0.5, 0.6) is 0 Å². The minimum atomic E-state index is -4.18. The fourth-order valence-electron chi connectivity index (χ4n) is 2.41. The molecule has 0 radical (unpaired) electrons. The first kappa shape index (κ1) is 20.1. The maximum atomic E-state index is 12.4. The molecular weight excluding hydrogens is 430 g/mol. The van der Waals surface area contributed by atoms with Crippen LogP contribution in [0.3, 0.4) is 0 Å². The second kappa shape index (κ2) is 7.76. The van der Waals surface area contributed by atoms with E-state index in [1.807, 2.05) is 19.1 Å². The molecule has 0 unspecified atom stereocenters. The van der Waals surface area contributed by atoms with E-state index in [1.54, 1.807) is 24.3 Å². The lowest BCUT2D eigenvalue weighted by atomic mass is 10.1. The Bertz CT molecular complexity index is 1060. The third-order valence-electron chi connectivity index (χ3n) is 3.79. The zero-order chi connectivity index (χ0) is 19.8. The topological polar surface area (TPSA) is 87.8 Å². The lowest BCUT2D eigenvalue weighted by Gasteiger charge is -2.12. The van der Waals surface area contributed by atoms with Crippen molar-refractivity contribution in [2.24, 2.45) is 0 Å². The van der Waals surface area contributed by atoms with E-state index in [0.29, 0.717) is 21.4 Å². The molecular formula is C17H14ClNO5S3. The van der Waals surface area contributed by atoms with Gasteiger partial charge in [-0.05, 0) is 42.8 Å². The number of furan rings is 1. The van der Waals surface area contributed by atoms with E-state index in [-0.39, 0.29) is 10.9 Å². The van der Waals surface area contributed by atoms with Crippen molar-refractivity contribution in [3.63, 3.8) is 0 Å². The average molecular weight is 444 g/mol. The molecule has 1 aromatic heterocycles. The number of benzene rings is 1. The van der Waals surface area contributed by atoms with Crippen molar-refractivity contribution in [3.05, 3.63) is 51.6 Å². The van der Waals surface area contributed by atoms with Crippen LogP contribution in [-0.4, -0.2) is 40.4 Å². The molecule has 0 spiro atoms. The van der Waals surface area contributed by atoms with Crippen LogP contribution in [0.4, 0.5) is 0 Å². The number of carbonyl (C=O) groups is 1. The molecule has 1 N–H and O–H groups in total. The third-order valence-corrected chi connectivity index (χ3v) is 6.29. The monoisotopic (exact) mass is 443 g/mol. The largest absolute Gasteiger partial charge is 0.457 e. The molecule has 1 aliphatic heterocycles. The second-order valence-corrected chi connectivity index (χ2v) is 9.44. The molecule has 0 bridgehead atoms. The summed E-state index contributed by atoms with van der Waals surface area (Å²) in [6, 6.07) is 9.04. The van der Waals surface area contributed by atoms with Gasteiger partial charge in [0.15, 0.2) is 0 Å². The zero-order valence-corrected chi connectivity index (χ0v) is 17.2. The maximum Gasteiger partial charge on any atom is 0.266 e. The predicted octanol–water partition coefficient (Wildman–Crippen LogP) is 4.00. The number of halogens is 1. The first-order chi connectivity index (χ1) is 12.6. The summed E-state index contributed by atoms with van der Waals surface area (Å²) in [7, 11) is -4.18. The minimum absolute atomic E-state index is 0.200. The molecule has 6 nitrogen and oxygen atoms in total. The Hall–Kier alpha value is -1.65. The molecule has 1 saturated heterocycles. The number of rotatable bonds is 5. The van der Waals surface area contributed by atoms with Gasteiger partial charge in [0.2, 0.25) is 0 Å². The number of carbonyl (C=O) groups excluding carboxylic acids is 1. The van der Waals surface area contributed by atoms with Crippen molar-refractivity contribution in [2.45, 2.75) is 6.92 Å². The first-order valence-electron chi connectivity index (χ1n) is 7.71. The van der Waals surface area contributed by atoms with Gasteiger partial charge in [-0.1, -0.05) is 35.6 Å². The molecule has 1 amide bonds. The summed E-state index contributed by atoms with van der Waals surface area (Å²) in [5.41, 5.74) is 1.78. The van der Waals surface area contributed by atoms with Gasteiger partial charge < -0.3 is 4.42 Å². The van der Waals surface area contributed by atoms with Gasteiger partial charge in [0.25, 0.3) is 16.0 Å². The molecule has 2 heterocycles. The van der Waals surface area contributed by atoms with E-state index < -0.39 is 21.8 Å². The zero-order valence-electron chi connectivity index (χ0n) is 14.0. The van der Waals surface area contributed by atoms with E-state index in [0.717, 1.165) is 27.8 Å². The number of thiocarbonyl (C=S) groups is 1. The highest BCUT2D eigenvalue weighted by Crippen LogP contribution is 2.34. The van der Waals surface area contributed by atoms with E-state index >= 15 is 0 Å². The number of amides is 1. The maximum absolute atomic E-state index is 12.4. The van der Waals surface area contributed by atoms with Crippen molar-refractivity contribution in [2.75, 3.05) is 12.3 Å². The number of thioether (sulfide) groups is 1. The van der Waals surface area contributed by atoms with E-state index in [9.17, 15) is 13.2 Å². The van der Waals surface area contributed by atoms with Crippen LogP contribution in [0.25, 0.3) is 17.4 Å². The Morgan fingerprint density at radius 1 is 1.33 bits per heavy atom. The summed E-state index contributed by atoms with van der Waals surface area (Å²) >= 11 is 12.2. The fraction of sp³-hybridized carbons (Fsp3) is 0.176. The number of hydrogen-bond donors (Lipinski definition) is 1. The van der Waals surface area contributed by atoms with Gasteiger partial charge in [0.05, 0.1) is 10.7 Å². The molecule has 142 valence electrons. The highest BCUT2D eigenvalue weighted by molar-refractivity contribution is 8.26. The average Bonchev–Trinajstić information content (AvgIpc) is 3.13. The summed E-state index contributed by atoms with van der Waals surface area (Å²) in [5.74, 6) is 0.0952. The van der Waals surface area contributed by atoms with Crippen LogP contribution in [0.2, 0.25) is 5.02 Å². The van der Waals surface area contributed by atoms with Crippen molar-refractivity contribution in [1.29, 1.82) is 0 Å². The lowest BCUT2D eigenvalue weighted by Crippen LogP contribution is -2.32. The van der Waals surface area contributed by atoms with Crippen LogP contribution >= 0.6 is 35.6 Å². The normalized spacial score (nSPS) is 16.6. The summed E-state index contributed by atoms with van der Waals surface area (Å²) in [5, 5.41) is 0.666. The first-order valence-corrected chi connectivity index (χ1v) is 10.9. The minimum Gasteiger partial charge on any atom is -0.457 e. The summed E-state index contributed by atoms with van der Waals surface area (Å²) in [4.78, 5) is 13.9. The van der Waals surface area contributed by atoms with Gasteiger partial charge in [-0.15, -0.1) is 0 Å². The van der Waals surface area contributed by atoms with Crippen LogP contribution in [-0.2, 0) is 14.9 Å². The fourth-order valence-corrected chi connectivity index (χ4v) is 4.23. The van der Waals surface area contributed by atoms with E-state index in [4.69, 9.17) is 32.8 Å². The van der Waals surface area contributed by atoms with Crippen LogP contribution in [0, 0.1) is 6.92 Å². The highest BCUT2D eigenvalue weighted by atomic mass is 35.5. The lowest BCUT2D eigenvalue weighted by molar-refractivity contribution is -0.121. The number of nitrogens with zero attached hydrogens (tertiary/aromatic N) is 1. The SMILES string of the molecule is Cc1cc(-c2ccc(/C=C3/SC(=S)N(CCS(=O)(=O)O)C3=O)o2)ccc1Cl. The molecule has 0 aliphatic carbocycles. The Labute approximate surface area is 170 Å². The number of aryl methyl sites for hydroxylation is 1. The quantitative estimate of drug-likeness (QED) is 0.424. The van der Waals surface area contributed by atoms with Crippen molar-refractivity contribution in [1.82, 2.24) is 4.90 Å². The molecule has 1 aliphatic rings. The van der Waals surface area contributed by atoms with Gasteiger partial charge in [0, 0.05) is 23.2 Å². The highest BCUT2D eigenvalue weighted by Gasteiger charge is 2.32. The summed E-state index contributed by atoms with van der Waals surface area (Å²) in [6.45, 7) is 1.70. The predicted molar refractivity (Wildman–Crippen MR) is 110 cm³/mol. The Kier molecular flexibility index (Phi) is 5.78. The van der Waals surface area contributed by atoms with Crippen LogP contribution < -0.4 is 0 Å². The Morgan fingerprint density at radius 2 is 2.07 bits per heavy atom. The summed E-state index contributed by atoms with van der Waals surface area (Å²) < 4.78 is 36.6. The van der Waals surface area contributed by atoms with Crippen molar-refractivity contribution < 1.29 is 22.2 Å². The van der Waals surface area contributed by atoms with Crippen molar-refractivity contribution in [3.8, 4) is 11.3 Å². The summed E-state index contributed by atoms with van der Waals surface area (Å²) in [6.07, 6.45) is 1.55. The molecule has 1 fully saturated rings. The van der Waals surface area contributed by atoms with Crippen LogP contribution in [0.15, 0.2) is 39.7 Å². The molecule has 3 rings (SSSR count). The smallest absolute Gasteiger partial charge is 0.266 e. The molecule has 1 aromatic carbocycles. The van der Waals surface area contributed by atoms with Gasteiger partial charge >= 0.3 is 0 Å². The Morgan fingerprint density at radius 3 is 2.74 bits per heavy atom. The standard InChI is InChI=1S/C17H14ClNO5S3/c1-10-8-11(2-4-13(10)18)14-5-3-12(24-14)9-15-16(20)19(17(25)26-15)6-7-27(21,22)23/h2-5,8-9H,6-7H2,1H3,(H,21,22,23)/b15-9+. The second-order valence-electron chi connectivity index (χ2n) is 5.79. The van der Waals surface area contributed by atoms with Gasteiger partial charge in [-0.25, -0.2) is 0 Å². The molecule has 0 saturated carbocycles. The third kappa shape index (κ3) is 4.80. The van der Waals surface area contributed by atoms with Crippen LogP contribution in [0.1, 0.15) is 11.3 Å². The Balaban J connectivity index is 1.79. The van der Waals surface area contributed by atoms with Gasteiger partial charge in [0.1, 0.15) is 15.8 Å². The molecule has 27 heavy (non-hydrogen) atoms. The van der Waals surface area contributed by atoms with Crippen molar-refractivity contribution >= 4 is 62.0 Å². The van der Waals surface area contributed by atoms with Gasteiger partial charge in [-0.3, -0.25) is 14.2 Å². The van der Waals surface area contributed by atoms with E-state index in [2.05, 4.69) is 0 Å². The molecule has 0 atom stereocenters. The molecule has 10 heteroatoms. The number of hydrogen-bond acceptors (Lipinski definition) is 6.